The maximum Gasteiger partial charge on any atom is 0.161 e. The number of nitrogens with zero attached hydrogens (tertiary/aromatic N) is 1. The predicted molar refractivity (Wildman–Crippen MR) is 77.4 cm³/mol. The molecule has 1 heterocycles. The lowest BCUT2D eigenvalue weighted by atomic mass is 10.1. The van der Waals surface area contributed by atoms with Crippen LogP contribution in [-0.2, 0) is 0 Å². The van der Waals surface area contributed by atoms with E-state index in [1.54, 1.807) is 14.2 Å². The number of H-pyrrole nitrogens is 1. The molecule has 19 heavy (non-hydrogen) atoms. The molecule has 0 aliphatic rings. The van der Waals surface area contributed by atoms with E-state index in [1.807, 2.05) is 32.0 Å². The Morgan fingerprint density at radius 3 is 2.42 bits per heavy atom. The molecular formula is C14H16N2O2S. The maximum atomic E-state index is 5.32. The quantitative estimate of drug-likeness (QED) is 0.872. The van der Waals surface area contributed by atoms with Crippen molar-refractivity contribution in [1.82, 2.24) is 9.97 Å². The lowest BCUT2D eigenvalue weighted by molar-refractivity contribution is 0.355. The van der Waals surface area contributed by atoms with Crippen LogP contribution in [0.25, 0.3) is 11.3 Å². The van der Waals surface area contributed by atoms with E-state index in [4.69, 9.17) is 21.7 Å². The minimum atomic E-state index is 0.612. The van der Waals surface area contributed by atoms with Crippen molar-refractivity contribution in [3.63, 3.8) is 0 Å². The lowest BCUT2D eigenvalue weighted by Crippen LogP contribution is -1.97. The highest BCUT2D eigenvalue weighted by Gasteiger charge is 2.10. The minimum absolute atomic E-state index is 0.612. The molecule has 0 amide bonds. The van der Waals surface area contributed by atoms with Gasteiger partial charge in [-0.1, -0.05) is 12.2 Å². The first kappa shape index (κ1) is 13.5. The SMILES string of the molecule is COc1ccc(-c2[nH]c(C)nc(=S)c2C)cc1OC. The summed E-state index contributed by atoms with van der Waals surface area (Å²) in [5, 5.41) is 0. The summed E-state index contributed by atoms with van der Waals surface area (Å²) in [5.41, 5.74) is 2.90. The zero-order valence-corrected chi connectivity index (χ0v) is 12.2. The molecule has 0 saturated carbocycles. The number of aromatic amines is 1. The molecule has 2 rings (SSSR count). The van der Waals surface area contributed by atoms with Crippen molar-refractivity contribution < 1.29 is 9.47 Å². The van der Waals surface area contributed by atoms with Crippen LogP contribution in [0.2, 0.25) is 0 Å². The number of nitrogens with one attached hydrogen (secondary N) is 1. The molecule has 5 heteroatoms. The summed E-state index contributed by atoms with van der Waals surface area (Å²) in [6, 6.07) is 5.76. The van der Waals surface area contributed by atoms with E-state index >= 15 is 0 Å². The second-order valence-electron chi connectivity index (χ2n) is 4.20. The maximum absolute atomic E-state index is 5.32. The minimum Gasteiger partial charge on any atom is -0.493 e. The number of hydrogen-bond acceptors (Lipinski definition) is 4. The van der Waals surface area contributed by atoms with Crippen LogP contribution in [0.3, 0.4) is 0 Å². The molecule has 1 aromatic heterocycles. The first-order valence-corrected chi connectivity index (χ1v) is 6.27. The highest BCUT2D eigenvalue weighted by Crippen LogP contribution is 2.32. The summed E-state index contributed by atoms with van der Waals surface area (Å²) in [6.45, 7) is 3.84. The van der Waals surface area contributed by atoms with Crippen molar-refractivity contribution in [3.05, 3.63) is 34.2 Å². The fourth-order valence-electron chi connectivity index (χ4n) is 1.93. The van der Waals surface area contributed by atoms with Crippen LogP contribution in [-0.4, -0.2) is 24.2 Å². The summed E-state index contributed by atoms with van der Waals surface area (Å²) >= 11 is 5.25. The number of rotatable bonds is 3. The van der Waals surface area contributed by atoms with Gasteiger partial charge < -0.3 is 14.5 Å². The van der Waals surface area contributed by atoms with Crippen LogP contribution < -0.4 is 9.47 Å². The van der Waals surface area contributed by atoms with Gasteiger partial charge in [-0.15, -0.1) is 0 Å². The lowest BCUT2D eigenvalue weighted by Gasteiger charge is -2.12. The van der Waals surface area contributed by atoms with E-state index in [1.165, 1.54) is 0 Å². The van der Waals surface area contributed by atoms with Gasteiger partial charge in [-0.2, -0.15) is 0 Å². The highest BCUT2D eigenvalue weighted by atomic mass is 32.1. The van der Waals surface area contributed by atoms with Gasteiger partial charge in [0.25, 0.3) is 0 Å². The molecule has 1 aromatic carbocycles. The number of methoxy groups -OCH3 is 2. The van der Waals surface area contributed by atoms with E-state index in [2.05, 4.69) is 9.97 Å². The Labute approximate surface area is 117 Å². The molecule has 0 aliphatic heterocycles. The van der Waals surface area contributed by atoms with Crippen molar-refractivity contribution in [2.45, 2.75) is 13.8 Å². The van der Waals surface area contributed by atoms with Gasteiger partial charge in [-0.05, 0) is 32.0 Å². The van der Waals surface area contributed by atoms with Crippen LogP contribution >= 0.6 is 12.2 Å². The monoisotopic (exact) mass is 276 g/mol. The predicted octanol–water partition coefficient (Wildman–Crippen LogP) is 3.44. The normalized spacial score (nSPS) is 10.3. The highest BCUT2D eigenvalue weighted by molar-refractivity contribution is 7.71. The third-order valence-corrected chi connectivity index (χ3v) is 3.34. The Kier molecular flexibility index (Phi) is 3.85. The molecule has 0 aliphatic carbocycles. The molecule has 0 fully saturated rings. The van der Waals surface area contributed by atoms with Gasteiger partial charge in [-0.3, -0.25) is 0 Å². The largest absolute Gasteiger partial charge is 0.493 e. The summed E-state index contributed by atoms with van der Waals surface area (Å²) in [6.07, 6.45) is 0. The molecule has 0 bridgehead atoms. The van der Waals surface area contributed by atoms with Crippen LogP contribution in [0.1, 0.15) is 11.4 Å². The van der Waals surface area contributed by atoms with Gasteiger partial charge in [0.05, 0.1) is 19.9 Å². The van der Waals surface area contributed by atoms with E-state index in [9.17, 15) is 0 Å². The Bertz CT molecular complexity index is 665. The van der Waals surface area contributed by atoms with Crippen LogP contribution in [0.15, 0.2) is 18.2 Å². The average Bonchev–Trinajstić information content (AvgIpc) is 2.42. The van der Waals surface area contributed by atoms with E-state index in [-0.39, 0.29) is 0 Å². The van der Waals surface area contributed by atoms with Gasteiger partial charge in [-0.25, -0.2) is 4.98 Å². The van der Waals surface area contributed by atoms with Gasteiger partial charge in [0.1, 0.15) is 10.5 Å². The summed E-state index contributed by atoms with van der Waals surface area (Å²) < 4.78 is 11.2. The Morgan fingerprint density at radius 2 is 1.79 bits per heavy atom. The first-order valence-electron chi connectivity index (χ1n) is 5.86. The molecule has 0 unspecified atom stereocenters. The molecule has 100 valence electrons. The topological polar surface area (TPSA) is 47.1 Å². The van der Waals surface area contributed by atoms with Gasteiger partial charge in [0.15, 0.2) is 11.5 Å². The zero-order valence-electron chi connectivity index (χ0n) is 11.4. The summed E-state index contributed by atoms with van der Waals surface area (Å²) in [4.78, 5) is 7.49. The summed E-state index contributed by atoms with van der Waals surface area (Å²) in [5.74, 6) is 2.18. The number of aryl methyl sites for hydroxylation is 1. The van der Waals surface area contributed by atoms with Crippen LogP contribution in [0.4, 0.5) is 0 Å². The molecule has 0 radical (unpaired) electrons. The molecule has 0 atom stereocenters. The molecule has 0 spiro atoms. The number of hydrogen-bond donors (Lipinski definition) is 1. The van der Waals surface area contributed by atoms with Gasteiger partial charge in [0, 0.05) is 11.1 Å². The molecule has 2 aromatic rings. The van der Waals surface area contributed by atoms with Crippen molar-refractivity contribution in [1.29, 1.82) is 0 Å². The molecular weight excluding hydrogens is 260 g/mol. The Balaban J connectivity index is 2.62. The van der Waals surface area contributed by atoms with Crippen LogP contribution in [0, 0.1) is 18.5 Å². The first-order chi connectivity index (χ1) is 9.06. The second kappa shape index (κ2) is 5.40. The molecule has 1 N–H and O–H groups in total. The molecule has 0 saturated heterocycles. The van der Waals surface area contributed by atoms with E-state index in [0.717, 1.165) is 22.6 Å². The molecule has 4 nitrogen and oxygen atoms in total. The Morgan fingerprint density at radius 1 is 1.11 bits per heavy atom. The smallest absolute Gasteiger partial charge is 0.161 e. The third kappa shape index (κ3) is 2.61. The second-order valence-corrected chi connectivity index (χ2v) is 4.58. The van der Waals surface area contributed by atoms with Gasteiger partial charge >= 0.3 is 0 Å². The van der Waals surface area contributed by atoms with Crippen molar-refractivity contribution in [2.24, 2.45) is 0 Å². The van der Waals surface area contributed by atoms with Crippen molar-refractivity contribution >= 4 is 12.2 Å². The fourth-order valence-corrected chi connectivity index (χ4v) is 2.17. The van der Waals surface area contributed by atoms with Crippen LogP contribution in [0.5, 0.6) is 11.5 Å². The standard InChI is InChI=1S/C14H16N2O2S/c1-8-13(15-9(2)16-14(8)19)10-5-6-11(17-3)12(7-10)18-4/h5-7H,1-4H3,(H,15,16,19). The summed E-state index contributed by atoms with van der Waals surface area (Å²) in [7, 11) is 3.24. The number of aromatic nitrogens is 2. The van der Waals surface area contributed by atoms with Crippen molar-refractivity contribution in [2.75, 3.05) is 14.2 Å². The fraction of sp³-hybridized carbons (Fsp3) is 0.286. The Hall–Kier alpha value is -1.88. The zero-order chi connectivity index (χ0) is 14.0. The third-order valence-electron chi connectivity index (χ3n) is 2.94. The number of ether oxygens (including phenoxy) is 2. The van der Waals surface area contributed by atoms with Gasteiger partial charge in [0.2, 0.25) is 0 Å². The van der Waals surface area contributed by atoms with E-state index in [0.29, 0.717) is 16.1 Å². The average molecular weight is 276 g/mol. The number of benzene rings is 1. The van der Waals surface area contributed by atoms with E-state index < -0.39 is 0 Å². The van der Waals surface area contributed by atoms with Crippen molar-refractivity contribution in [3.8, 4) is 22.8 Å².